The number of aromatic nitrogens is 4. The number of fused-ring (bicyclic) bond motifs is 24. The lowest BCUT2D eigenvalue weighted by molar-refractivity contribution is 0.668. The molecule has 8 heteroatoms. The zero-order valence-corrected chi connectivity index (χ0v) is 74.8. The number of thiophene rings is 2. The third-order valence-electron chi connectivity index (χ3n) is 24.0. The van der Waals surface area contributed by atoms with Crippen molar-refractivity contribution in [2.45, 2.75) is 0 Å². The van der Waals surface area contributed by atoms with E-state index in [4.69, 9.17) is 60.2 Å². The molecule has 0 fully saturated rings. The predicted molar refractivity (Wildman–Crippen MR) is 572 cm³/mol. The van der Waals surface area contributed by atoms with E-state index in [2.05, 4.69) is 353 Å². The van der Waals surface area contributed by atoms with Gasteiger partial charge in [-0.1, -0.05) is 248 Å². The first-order valence-electron chi connectivity index (χ1n) is 43.4. The Morgan fingerprint density at radius 1 is 0.179 bits per heavy atom. The molecule has 0 aliphatic carbocycles. The van der Waals surface area contributed by atoms with Gasteiger partial charge in [-0.15, -0.1) is 74.1 Å². The third kappa shape index (κ3) is 16.7. The lowest BCUT2D eigenvalue weighted by Crippen LogP contribution is -1.93. The van der Waals surface area contributed by atoms with Gasteiger partial charge < -0.3 is 27.1 Å². The molecule has 628 valence electrons. The molecule has 0 radical (unpaired) electrons. The lowest BCUT2D eigenvalue weighted by atomic mass is 10.1. The minimum absolute atomic E-state index is 0.849. The molecule has 134 heavy (non-hydrogen) atoms. The minimum Gasteiger partial charge on any atom is -0.456 e. The summed E-state index contributed by atoms with van der Waals surface area (Å²) in [6, 6.07) is 136. The van der Waals surface area contributed by atoms with Gasteiger partial charge in [-0.2, -0.15) is 0 Å². The maximum absolute atomic E-state index is 5.70. The van der Waals surface area contributed by atoms with Gasteiger partial charge in [0.25, 0.3) is 0 Å². The van der Waals surface area contributed by atoms with Gasteiger partial charge in [-0.05, 0) is 200 Å². The van der Waals surface area contributed by atoms with E-state index in [0.717, 1.165) is 105 Å². The van der Waals surface area contributed by atoms with Crippen molar-refractivity contribution in [2.24, 2.45) is 14.1 Å². The zero-order valence-electron chi connectivity index (χ0n) is 73.1. The molecule has 0 amide bonds. The van der Waals surface area contributed by atoms with E-state index >= 15 is 0 Å². The fraction of sp³-hybridized carbons (Fsp3) is 0.0159. The number of terminal acetylenes is 8. The largest absolute Gasteiger partial charge is 0.456 e. The lowest BCUT2D eigenvalue weighted by Gasteiger charge is -2.07. The second-order valence-corrected chi connectivity index (χ2v) is 34.0. The fourth-order valence-electron chi connectivity index (χ4n) is 17.6. The smallest absolute Gasteiger partial charge is 0.136 e. The molecular formula is C126H80N4O2S2. The van der Waals surface area contributed by atoms with Crippen LogP contribution in [0.15, 0.2) is 409 Å². The number of benzene rings is 18. The number of rotatable bonds is 2. The van der Waals surface area contributed by atoms with Crippen molar-refractivity contribution >= 4 is 194 Å². The molecule has 18 aromatic carbocycles. The van der Waals surface area contributed by atoms with Crippen molar-refractivity contribution in [3.8, 4) is 110 Å². The molecular weight excluding hydrogens is 1670 g/mol. The van der Waals surface area contributed by atoms with Gasteiger partial charge in [0.1, 0.15) is 22.3 Å². The van der Waals surface area contributed by atoms with Gasteiger partial charge in [0.2, 0.25) is 0 Å². The average molecular weight is 1750 g/mol. The Labute approximate surface area is 784 Å². The third-order valence-corrected chi connectivity index (χ3v) is 26.3. The van der Waals surface area contributed by atoms with Crippen molar-refractivity contribution in [2.75, 3.05) is 0 Å². The monoisotopic (exact) mass is 1740 g/mol. The molecule has 0 saturated carbocycles. The van der Waals surface area contributed by atoms with Crippen LogP contribution in [0.1, 0.15) is 44.5 Å². The van der Waals surface area contributed by atoms with Gasteiger partial charge in [-0.25, -0.2) is 0 Å². The van der Waals surface area contributed by atoms with Crippen LogP contribution in [0.4, 0.5) is 0 Å². The van der Waals surface area contributed by atoms with Crippen LogP contribution in [0, 0.1) is 98.8 Å². The molecule has 0 atom stereocenters. The first-order chi connectivity index (χ1) is 65.9. The van der Waals surface area contributed by atoms with Gasteiger partial charge in [0.05, 0.1) is 27.6 Å². The fourth-order valence-corrected chi connectivity index (χ4v) is 19.8. The van der Waals surface area contributed by atoms with Crippen LogP contribution in [-0.2, 0) is 14.1 Å². The van der Waals surface area contributed by atoms with E-state index < -0.39 is 0 Å². The number of hydrogen-bond donors (Lipinski definition) is 0. The van der Waals surface area contributed by atoms with Crippen molar-refractivity contribution < 1.29 is 8.83 Å². The highest BCUT2D eigenvalue weighted by molar-refractivity contribution is 7.26. The SMILES string of the molecule is C#Cc1ccc2c(c1)c1ccccc1n2-c1ccccc1.C#Cc1ccc2c(c1)c1ccccc1n2C.C#Cc1ccc2c(c1)oc1ccccc12.C#Cc1ccc2c(c1)sc1ccccc12.C#Cc1ccc2c3ccccc3n(-c3ccccc3)c2c1.C#Cc1ccc2c3ccccc3n(C)c2c1.C#Cc1ccc2oc3ccccc3c2c1.C#Cc1ccc2sc3ccccc3c2c1. The number of para-hydroxylation sites is 8. The van der Waals surface area contributed by atoms with Gasteiger partial charge >= 0.3 is 0 Å². The maximum Gasteiger partial charge on any atom is 0.136 e. The number of furan rings is 2. The summed E-state index contributed by atoms with van der Waals surface area (Å²) in [5, 5.41) is 19.6. The van der Waals surface area contributed by atoms with Crippen LogP contribution >= 0.6 is 22.7 Å². The summed E-state index contributed by atoms with van der Waals surface area (Å²) in [5.74, 6) is 21.4. The van der Waals surface area contributed by atoms with Gasteiger partial charge in [0, 0.05) is 192 Å². The van der Waals surface area contributed by atoms with Crippen molar-refractivity contribution in [1.29, 1.82) is 0 Å². The maximum atomic E-state index is 5.70. The van der Waals surface area contributed by atoms with E-state index in [0.29, 0.717) is 0 Å². The summed E-state index contributed by atoms with van der Waals surface area (Å²) in [6.45, 7) is 0. The molecule has 0 aliphatic heterocycles. The summed E-state index contributed by atoms with van der Waals surface area (Å²) >= 11 is 3.61. The van der Waals surface area contributed by atoms with E-state index in [1.165, 1.54) is 122 Å². The molecule has 26 rings (SSSR count). The number of hydrogen-bond acceptors (Lipinski definition) is 4. The predicted octanol–water partition coefficient (Wildman–Crippen LogP) is 31.4. The highest BCUT2D eigenvalue weighted by Gasteiger charge is 2.17. The summed E-state index contributed by atoms with van der Waals surface area (Å²) in [4.78, 5) is 0. The molecule has 0 saturated heterocycles. The molecule has 6 nitrogen and oxygen atoms in total. The molecule has 0 N–H and O–H groups in total. The van der Waals surface area contributed by atoms with Crippen LogP contribution in [0.25, 0.3) is 183 Å². The molecule has 0 bridgehead atoms. The molecule has 0 aliphatic rings. The second kappa shape index (κ2) is 37.9. The minimum atomic E-state index is 0.849. The Morgan fingerprint density at radius 2 is 0.455 bits per heavy atom. The van der Waals surface area contributed by atoms with E-state index in [1.54, 1.807) is 11.3 Å². The molecule has 0 unspecified atom stereocenters. The summed E-state index contributed by atoms with van der Waals surface area (Å²) in [6.07, 6.45) is 43.5. The zero-order chi connectivity index (χ0) is 91.7. The standard InChI is InChI=1S/2C20H13N.2C15H11N.2C14H8O.2C14H8S/c1-2-15-12-13-20-18(14-15)17-10-6-7-11-19(17)21(20)16-8-4-3-5-9-16;1-2-15-12-13-18-17-10-6-7-11-19(17)21(20(18)14-15)16-8-4-3-5-9-16;1-3-11-8-9-15-13(10-11)12-6-4-5-7-14(12)16(15)2;1-3-11-8-9-13-12-6-4-5-7-14(12)16(2)15(13)10-11;1-2-10-7-8-14-12(9-10)11-5-3-4-6-13(11)15-14;1-2-10-7-8-12-11-5-3-4-6-13(11)15-14(12)9-10;1-2-10-7-8-14-12(9-10)11-5-3-4-6-13(11)15-14;1-2-10-7-8-12-11-5-3-4-6-13(11)15-14(12)9-10/h2*1,3-14H;2*1,4-10H,2H3;4*1,3-9H. The quantitative estimate of drug-likeness (QED) is 0.162. The molecule has 8 aromatic heterocycles. The Bertz CT molecular complexity index is 9150. The Balaban J connectivity index is 0.0000000989. The molecule has 0 spiro atoms. The Kier molecular flexibility index (Phi) is 24.1. The van der Waals surface area contributed by atoms with Gasteiger partial charge in [-0.3, -0.25) is 0 Å². The van der Waals surface area contributed by atoms with Crippen LogP contribution in [0.5, 0.6) is 0 Å². The number of nitrogens with zero attached hydrogens (tertiary/aromatic N) is 4. The van der Waals surface area contributed by atoms with Gasteiger partial charge in [0.15, 0.2) is 0 Å². The highest BCUT2D eigenvalue weighted by Crippen LogP contribution is 2.40. The normalized spacial score (nSPS) is 10.7. The van der Waals surface area contributed by atoms with Crippen molar-refractivity contribution in [1.82, 2.24) is 18.3 Å². The Hall–Kier alpha value is -18.3. The highest BCUT2D eigenvalue weighted by atomic mass is 32.1. The van der Waals surface area contributed by atoms with Crippen LogP contribution in [0.2, 0.25) is 0 Å². The van der Waals surface area contributed by atoms with Crippen molar-refractivity contribution in [3.05, 3.63) is 445 Å². The number of aryl methyl sites for hydroxylation is 2. The van der Waals surface area contributed by atoms with E-state index in [9.17, 15) is 0 Å². The topological polar surface area (TPSA) is 46.0 Å². The van der Waals surface area contributed by atoms with E-state index in [-0.39, 0.29) is 0 Å². The Morgan fingerprint density at radius 3 is 1.00 bits per heavy atom. The van der Waals surface area contributed by atoms with Crippen LogP contribution < -0.4 is 0 Å². The first-order valence-corrected chi connectivity index (χ1v) is 45.1. The molecule has 26 aromatic rings. The van der Waals surface area contributed by atoms with Crippen molar-refractivity contribution in [3.63, 3.8) is 0 Å². The van der Waals surface area contributed by atoms with Crippen LogP contribution in [-0.4, -0.2) is 18.3 Å². The second-order valence-electron chi connectivity index (χ2n) is 31.8. The summed E-state index contributed by atoms with van der Waals surface area (Å²) in [7, 11) is 4.16. The van der Waals surface area contributed by atoms with Crippen LogP contribution in [0.3, 0.4) is 0 Å². The average Bonchev–Trinajstić information content (AvgIpc) is 1.57. The first kappa shape index (κ1) is 85.1. The molecule has 8 heterocycles. The summed E-state index contributed by atoms with van der Waals surface area (Å²) < 4.78 is 25.5. The summed E-state index contributed by atoms with van der Waals surface area (Å²) in [5.41, 5.74) is 22.8. The van der Waals surface area contributed by atoms with E-state index in [1.807, 2.05) is 139 Å².